The van der Waals surface area contributed by atoms with Crippen molar-refractivity contribution < 1.29 is 9.53 Å². The highest BCUT2D eigenvalue weighted by Crippen LogP contribution is 2.32. The van der Waals surface area contributed by atoms with E-state index >= 15 is 0 Å². The molecule has 4 heteroatoms. The fraction of sp³-hybridized carbons (Fsp3) is 0.435. The summed E-state index contributed by atoms with van der Waals surface area (Å²) in [4.78, 5) is 12.3. The number of esters is 1. The molecule has 0 radical (unpaired) electrons. The molecule has 2 aromatic rings. The van der Waals surface area contributed by atoms with Crippen molar-refractivity contribution >= 4 is 17.6 Å². The molecule has 0 spiro atoms. The third-order valence-corrected chi connectivity index (χ3v) is 5.88. The van der Waals surface area contributed by atoms with Gasteiger partial charge in [-0.15, -0.1) is 0 Å². The van der Waals surface area contributed by atoms with Crippen LogP contribution in [-0.2, 0) is 22.4 Å². The number of halogens is 1. The second-order valence-corrected chi connectivity index (χ2v) is 8.06. The smallest absolute Gasteiger partial charge is 0.323 e. The lowest BCUT2D eigenvalue weighted by Crippen LogP contribution is -2.37. The standard InChI is InChI=1S/C23H28ClNO2/c1-16-21(15-17-6-3-2-4-7-17)19(8-5-9-22(25)23(26)27-16)14-18-10-12-20(24)13-11-18/h2-4,6-7,10-13,16,19,21-22H,5,8-9,14-15,25H2,1H3/t16-,19+,21-,22-/m0/s1. The van der Waals surface area contributed by atoms with Crippen molar-refractivity contribution in [1.29, 1.82) is 0 Å². The van der Waals surface area contributed by atoms with Gasteiger partial charge >= 0.3 is 5.97 Å². The molecular weight excluding hydrogens is 358 g/mol. The van der Waals surface area contributed by atoms with Crippen LogP contribution in [-0.4, -0.2) is 18.1 Å². The zero-order chi connectivity index (χ0) is 19.2. The molecular formula is C23H28ClNO2. The summed E-state index contributed by atoms with van der Waals surface area (Å²) in [5.41, 5.74) is 8.54. The summed E-state index contributed by atoms with van der Waals surface area (Å²) in [5, 5.41) is 0.752. The van der Waals surface area contributed by atoms with Crippen molar-refractivity contribution in [2.75, 3.05) is 0 Å². The topological polar surface area (TPSA) is 52.3 Å². The third-order valence-electron chi connectivity index (χ3n) is 5.63. The molecule has 0 amide bonds. The Kier molecular flexibility index (Phi) is 6.92. The van der Waals surface area contributed by atoms with E-state index in [1.807, 2.05) is 25.1 Å². The SMILES string of the molecule is C[C@@H]1OC(=O)[C@@H](N)CCC[C@H](Cc2ccc(Cl)cc2)[C@H]1Cc1ccccc1. The average molecular weight is 386 g/mol. The highest BCUT2D eigenvalue weighted by Gasteiger charge is 2.32. The molecule has 3 rings (SSSR count). The number of cyclic esters (lactones) is 1. The zero-order valence-corrected chi connectivity index (χ0v) is 16.6. The van der Waals surface area contributed by atoms with E-state index in [1.165, 1.54) is 11.1 Å². The van der Waals surface area contributed by atoms with Gasteiger partial charge < -0.3 is 10.5 Å². The van der Waals surface area contributed by atoms with E-state index in [-0.39, 0.29) is 18.0 Å². The van der Waals surface area contributed by atoms with Gasteiger partial charge in [-0.05, 0) is 61.8 Å². The van der Waals surface area contributed by atoms with Gasteiger partial charge in [-0.2, -0.15) is 0 Å². The minimum atomic E-state index is -0.515. The van der Waals surface area contributed by atoms with Gasteiger partial charge in [0.05, 0.1) is 0 Å². The van der Waals surface area contributed by atoms with Crippen LogP contribution in [0, 0.1) is 11.8 Å². The van der Waals surface area contributed by atoms with Crippen LogP contribution in [0.15, 0.2) is 54.6 Å². The molecule has 27 heavy (non-hydrogen) atoms. The number of hydrogen-bond donors (Lipinski definition) is 1. The van der Waals surface area contributed by atoms with Crippen molar-refractivity contribution in [3.8, 4) is 0 Å². The molecule has 0 saturated carbocycles. The van der Waals surface area contributed by atoms with Gasteiger partial charge in [0.1, 0.15) is 12.1 Å². The number of rotatable bonds is 4. The predicted octanol–water partition coefficient (Wildman–Crippen LogP) is 4.80. The summed E-state index contributed by atoms with van der Waals surface area (Å²) in [6.45, 7) is 2.01. The molecule has 1 saturated heterocycles. The molecule has 2 aromatic carbocycles. The van der Waals surface area contributed by atoms with Crippen molar-refractivity contribution in [2.45, 2.75) is 51.2 Å². The minimum Gasteiger partial charge on any atom is -0.461 e. The van der Waals surface area contributed by atoms with E-state index in [1.54, 1.807) is 0 Å². The molecule has 1 aliphatic rings. The largest absolute Gasteiger partial charge is 0.461 e. The Labute approximate surface area is 166 Å². The van der Waals surface area contributed by atoms with Gasteiger partial charge in [-0.3, -0.25) is 4.79 Å². The van der Waals surface area contributed by atoms with Crippen LogP contribution >= 0.6 is 11.6 Å². The van der Waals surface area contributed by atoms with Crippen LogP contribution in [0.3, 0.4) is 0 Å². The highest BCUT2D eigenvalue weighted by molar-refractivity contribution is 6.30. The second-order valence-electron chi connectivity index (χ2n) is 7.62. The van der Waals surface area contributed by atoms with E-state index in [2.05, 4.69) is 36.4 Å². The molecule has 0 aromatic heterocycles. The molecule has 2 N–H and O–H groups in total. The Balaban J connectivity index is 1.85. The lowest BCUT2D eigenvalue weighted by atomic mass is 9.77. The summed E-state index contributed by atoms with van der Waals surface area (Å²) in [5.74, 6) is 0.393. The maximum atomic E-state index is 12.3. The highest BCUT2D eigenvalue weighted by atomic mass is 35.5. The lowest BCUT2D eigenvalue weighted by Gasteiger charge is -2.31. The first kappa shape index (κ1) is 19.9. The van der Waals surface area contributed by atoms with E-state index in [9.17, 15) is 4.79 Å². The van der Waals surface area contributed by atoms with Crippen LogP contribution in [0.5, 0.6) is 0 Å². The molecule has 4 atom stereocenters. The summed E-state index contributed by atoms with van der Waals surface area (Å²) in [7, 11) is 0. The number of ether oxygens (including phenoxy) is 1. The number of hydrogen-bond acceptors (Lipinski definition) is 3. The van der Waals surface area contributed by atoms with Crippen molar-refractivity contribution in [3.05, 3.63) is 70.7 Å². The Bertz CT molecular complexity index is 732. The Morgan fingerprint density at radius 3 is 2.37 bits per heavy atom. The second kappa shape index (κ2) is 9.38. The van der Waals surface area contributed by atoms with Gasteiger partial charge in [0.25, 0.3) is 0 Å². The predicted molar refractivity (Wildman–Crippen MR) is 110 cm³/mol. The Hall–Kier alpha value is -1.84. The van der Waals surface area contributed by atoms with Gasteiger partial charge in [-0.1, -0.05) is 60.5 Å². The van der Waals surface area contributed by atoms with Gasteiger partial charge in [-0.25, -0.2) is 0 Å². The van der Waals surface area contributed by atoms with Gasteiger partial charge in [0, 0.05) is 10.9 Å². The fourth-order valence-electron chi connectivity index (χ4n) is 4.07. The van der Waals surface area contributed by atoms with Crippen LogP contribution in [0.4, 0.5) is 0 Å². The number of benzene rings is 2. The first-order chi connectivity index (χ1) is 13.0. The molecule has 0 aliphatic carbocycles. The zero-order valence-electron chi connectivity index (χ0n) is 15.8. The molecule has 0 unspecified atom stereocenters. The molecule has 1 aliphatic heterocycles. The van der Waals surface area contributed by atoms with Crippen molar-refractivity contribution in [1.82, 2.24) is 0 Å². The van der Waals surface area contributed by atoms with E-state index in [0.29, 0.717) is 12.3 Å². The van der Waals surface area contributed by atoms with Crippen LogP contribution < -0.4 is 5.73 Å². The molecule has 3 nitrogen and oxygen atoms in total. The molecule has 0 bridgehead atoms. The lowest BCUT2D eigenvalue weighted by molar-refractivity contribution is -0.153. The van der Waals surface area contributed by atoms with E-state index < -0.39 is 6.04 Å². The van der Waals surface area contributed by atoms with Crippen LogP contribution in [0.1, 0.15) is 37.3 Å². The monoisotopic (exact) mass is 385 g/mol. The number of carbonyl (C=O) groups excluding carboxylic acids is 1. The Morgan fingerprint density at radius 1 is 1.00 bits per heavy atom. The minimum absolute atomic E-state index is 0.167. The molecule has 1 fully saturated rings. The maximum Gasteiger partial charge on any atom is 0.323 e. The first-order valence-electron chi connectivity index (χ1n) is 9.77. The van der Waals surface area contributed by atoms with E-state index in [0.717, 1.165) is 30.7 Å². The average Bonchev–Trinajstić information content (AvgIpc) is 2.71. The van der Waals surface area contributed by atoms with Crippen molar-refractivity contribution in [3.63, 3.8) is 0 Å². The van der Waals surface area contributed by atoms with Crippen LogP contribution in [0.25, 0.3) is 0 Å². The van der Waals surface area contributed by atoms with Gasteiger partial charge in [0.15, 0.2) is 0 Å². The molecule has 1 heterocycles. The van der Waals surface area contributed by atoms with E-state index in [4.69, 9.17) is 22.1 Å². The van der Waals surface area contributed by atoms with Crippen molar-refractivity contribution in [2.24, 2.45) is 17.6 Å². The van der Waals surface area contributed by atoms with Crippen LogP contribution in [0.2, 0.25) is 5.02 Å². The fourth-order valence-corrected chi connectivity index (χ4v) is 4.19. The summed E-state index contributed by atoms with van der Waals surface area (Å²) in [6.07, 6.45) is 4.33. The first-order valence-corrected chi connectivity index (χ1v) is 10.1. The number of nitrogens with two attached hydrogens (primary N) is 1. The normalized spacial score (nSPS) is 26.6. The maximum absolute atomic E-state index is 12.3. The quantitative estimate of drug-likeness (QED) is 0.769. The van der Waals surface area contributed by atoms with Gasteiger partial charge in [0.2, 0.25) is 0 Å². The summed E-state index contributed by atoms with van der Waals surface area (Å²) < 4.78 is 5.77. The Morgan fingerprint density at radius 2 is 1.67 bits per heavy atom. The number of carbonyl (C=O) groups is 1. The molecule has 144 valence electrons. The third kappa shape index (κ3) is 5.57. The summed E-state index contributed by atoms with van der Waals surface area (Å²) >= 11 is 6.04. The summed E-state index contributed by atoms with van der Waals surface area (Å²) in [6, 6.07) is 18.0.